The summed E-state index contributed by atoms with van der Waals surface area (Å²) in [6, 6.07) is 7.10. The monoisotopic (exact) mass is 547 g/mol. The number of benzene rings is 2. The smallest absolute Gasteiger partial charge is 0.362 e. The highest BCUT2D eigenvalue weighted by molar-refractivity contribution is 7.99. The molecule has 1 saturated heterocycles. The summed E-state index contributed by atoms with van der Waals surface area (Å²) in [6.45, 7) is 3.48. The molecule has 2 aromatic rings. The van der Waals surface area contributed by atoms with E-state index in [1.54, 1.807) is 17.0 Å². The Labute approximate surface area is 212 Å². The number of fused-ring (bicyclic) bond motifs is 2. The minimum Gasteiger partial charge on any atom is -0.362 e. The van der Waals surface area contributed by atoms with Crippen molar-refractivity contribution >= 4 is 46.9 Å². The number of rotatable bonds is 3. The van der Waals surface area contributed by atoms with Crippen molar-refractivity contribution in [3.05, 3.63) is 68.4 Å². The Morgan fingerprint density at radius 2 is 1.91 bits per heavy atom. The van der Waals surface area contributed by atoms with Crippen LogP contribution in [-0.4, -0.2) is 42.5 Å². The van der Waals surface area contributed by atoms with Crippen molar-refractivity contribution in [3.63, 3.8) is 0 Å². The molecule has 3 aliphatic heterocycles. The van der Waals surface area contributed by atoms with Gasteiger partial charge in [0.15, 0.2) is 10.6 Å². The molecule has 2 amide bonds. The van der Waals surface area contributed by atoms with Gasteiger partial charge in [0, 0.05) is 13.0 Å². The summed E-state index contributed by atoms with van der Waals surface area (Å²) >= 11 is 12.0. The zero-order valence-electron chi connectivity index (χ0n) is 18.3. The quantitative estimate of drug-likeness (QED) is 0.282. The van der Waals surface area contributed by atoms with Gasteiger partial charge in [-0.1, -0.05) is 35.3 Å². The van der Waals surface area contributed by atoms with Crippen LogP contribution in [0, 0.1) is 5.82 Å². The first-order chi connectivity index (χ1) is 16.5. The number of alkyl halides is 3. The van der Waals surface area contributed by atoms with Crippen LogP contribution in [0.15, 0.2) is 34.7 Å². The number of halogens is 6. The Morgan fingerprint density at radius 1 is 1.23 bits per heavy atom. The van der Waals surface area contributed by atoms with Crippen LogP contribution in [0.3, 0.4) is 0 Å². The zero-order valence-corrected chi connectivity index (χ0v) is 20.6. The molecule has 1 fully saturated rings. The maximum Gasteiger partial charge on any atom is 0.409 e. The Kier molecular flexibility index (Phi) is 6.02. The topological polar surface area (TPSA) is 53.9 Å². The van der Waals surface area contributed by atoms with Crippen molar-refractivity contribution in [1.82, 2.24) is 10.2 Å². The fraction of sp³-hybridized carbons (Fsp3) is 0.391. The predicted octanol–water partition coefficient (Wildman–Crippen LogP) is 6.20. The van der Waals surface area contributed by atoms with E-state index in [-0.39, 0.29) is 17.3 Å². The summed E-state index contributed by atoms with van der Waals surface area (Å²) in [5.74, 6) is -0.965. The molecule has 0 bridgehead atoms. The lowest BCUT2D eigenvalue weighted by Gasteiger charge is -2.47. The van der Waals surface area contributed by atoms with E-state index in [1.165, 1.54) is 0 Å². The highest BCUT2D eigenvalue weighted by atomic mass is 35.5. The minimum atomic E-state index is -4.70. The molecule has 0 aromatic heterocycles. The largest absolute Gasteiger partial charge is 0.409 e. The zero-order chi connectivity index (χ0) is 25.2. The van der Waals surface area contributed by atoms with Crippen molar-refractivity contribution in [2.75, 3.05) is 19.6 Å². The average Bonchev–Trinajstić information content (AvgIpc) is 3.39. The lowest BCUT2D eigenvalue weighted by atomic mass is 9.83. The van der Waals surface area contributed by atoms with Crippen LogP contribution in [-0.2, 0) is 21.7 Å². The van der Waals surface area contributed by atoms with E-state index in [2.05, 4.69) is 9.71 Å². The number of hydrogen-bond acceptors (Lipinski definition) is 4. The number of amides is 2. The molecule has 5 rings (SSSR count). The van der Waals surface area contributed by atoms with Gasteiger partial charge in [0.2, 0.25) is 0 Å². The van der Waals surface area contributed by atoms with Crippen LogP contribution in [0.5, 0.6) is 0 Å². The number of likely N-dealkylation sites (tertiary alicyclic amines) is 1. The summed E-state index contributed by atoms with van der Waals surface area (Å²) in [7, 11) is 0. The van der Waals surface area contributed by atoms with Gasteiger partial charge in [0.1, 0.15) is 5.60 Å². The third kappa shape index (κ3) is 3.89. The number of nitrogens with one attached hydrogen (secondary N) is 1. The van der Waals surface area contributed by atoms with Gasteiger partial charge < -0.3 is 15.0 Å². The van der Waals surface area contributed by atoms with Crippen molar-refractivity contribution in [1.29, 1.82) is 0 Å². The Bertz CT molecular complexity index is 1230. The second kappa shape index (κ2) is 8.54. The number of carbonyl (C=O) groups is 1. The number of urea groups is 1. The molecule has 3 aliphatic rings. The highest BCUT2D eigenvalue weighted by Gasteiger charge is 2.60. The molecular weight excluding hydrogens is 529 g/mol. The van der Waals surface area contributed by atoms with Crippen LogP contribution in [0.25, 0.3) is 0 Å². The number of nitrogens with zero attached hydrogens (tertiary/aromatic N) is 2. The molecule has 0 radical (unpaired) electrons. The summed E-state index contributed by atoms with van der Waals surface area (Å²) in [6.07, 6.45) is -5.17. The van der Waals surface area contributed by atoms with Crippen molar-refractivity contribution in [2.45, 2.75) is 36.5 Å². The molecule has 186 valence electrons. The van der Waals surface area contributed by atoms with Gasteiger partial charge in [-0.15, -0.1) is 0 Å². The first kappa shape index (κ1) is 24.7. The van der Waals surface area contributed by atoms with E-state index < -0.39 is 38.8 Å². The fourth-order valence-corrected chi connectivity index (χ4v) is 6.17. The molecule has 1 spiro atoms. The number of carbonyl (C=O) groups excluding carboxylic acids is 1. The first-order valence-electron chi connectivity index (χ1n) is 10.8. The lowest BCUT2D eigenvalue weighted by Crippen LogP contribution is -2.63. The molecule has 0 saturated carbocycles. The van der Waals surface area contributed by atoms with E-state index in [4.69, 9.17) is 27.9 Å². The van der Waals surface area contributed by atoms with Crippen LogP contribution < -0.4 is 5.32 Å². The van der Waals surface area contributed by atoms with E-state index in [0.29, 0.717) is 43.8 Å². The van der Waals surface area contributed by atoms with Gasteiger partial charge in [-0.05, 0) is 59.3 Å². The molecule has 0 aliphatic carbocycles. The van der Waals surface area contributed by atoms with Gasteiger partial charge in [-0.3, -0.25) is 0 Å². The highest BCUT2D eigenvalue weighted by Crippen LogP contribution is 2.57. The van der Waals surface area contributed by atoms with Gasteiger partial charge >= 0.3 is 12.2 Å². The van der Waals surface area contributed by atoms with Crippen LogP contribution in [0.4, 0.5) is 22.4 Å². The molecule has 12 heteroatoms. The van der Waals surface area contributed by atoms with E-state index >= 15 is 0 Å². The SMILES string of the molecule is CCNC(=O)N1CC2(C1)OCc1cc(C3=NSC(c4cc(Cl)c(F)c(Cl)c4)(C(F)(F)F)C3)ccc12. The molecule has 3 heterocycles. The molecular formula is C23H19Cl2F4N3O2S. The maximum atomic E-state index is 14.4. The average molecular weight is 548 g/mol. The van der Waals surface area contributed by atoms with Crippen molar-refractivity contribution in [3.8, 4) is 0 Å². The third-order valence-electron chi connectivity index (χ3n) is 6.58. The van der Waals surface area contributed by atoms with Gasteiger partial charge in [0.05, 0.1) is 35.5 Å². The van der Waals surface area contributed by atoms with E-state index in [0.717, 1.165) is 23.3 Å². The predicted molar refractivity (Wildman–Crippen MR) is 126 cm³/mol. The van der Waals surface area contributed by atoms with Crippen LogP contribution in [0.1, 0.15) is 35.6 Å². The molecule has 1 atom stereocenters. The van der Waals surface area contributed by atoms with Crippen molar-refractivity contribution in [2.24, 2.45) is 4.40 Å². The second-order valence-electron chi connectivity index (χ2n) is 8.73. The molecule has 1 N–H and O–H groups in total. The third-order valence-corrected chi connectivity index (χ3v) is 8.36. The van der Waals surface area contributed by atoms with Crippen LogP contribution in [0.2, 0.25) is 10.0 Å². The standard InChI is InChI=1S/C23H19Cl2F4N3O2S/c1-2-30-20(33)32-10-21(11-32)15-4-3-12(5-13(15)9-34-21)18-8-22(35-31-18,23(27,28)29)14-6-16(24)19(26)17(25)7-14/h3-7H,2,8-11H2,1H3,(H,30,33). The van der Waals surface area contributed by atoms with Crippen molar-refractivity contribution < 1.29 is 27.1 Å². The van der Waals surface area contributed by atoms with Gasteiger partial charge in [-0.25, -0.2) is 13.6 Å². The Balaban J connectivity index is 1.40. The summed E-state index contributed by atoms with van der Waals surface area (Å²) < 4.78 is 64.7. The molecule has 35 heavy (non-hydrogen) atoms. The summed E-state index contributed by atoms with van der Waals surface area (Å²) in [4.78, 5) is 13.7. The number of ether oxygens (including phenoxy) is 1. The summed E-state index contributed by atoms with van der Waals surface area (Å²) in [5.41, 5.74) is 1.72. The normalized spacial score (nSPS) is 22.7. The second-order valence-corrected chi connectivity index (χ2v) is 10.6. The summed E-state index contributed by atoms with van der Waals surface area (Å²) in [5, 5.41) is 1.79. The van der Waals surface area contributed by atoms with Crippen LogP contribution >= 0.6 is 35.1 Å². The molecule has 2 aromatic carbocycles. The van der Waals surface area contributed by atoms with Gasteiger partial charge in [0.25, 0.3) is 0 Å². The lowest BCUT2D eigenvalue weighted by molar-refractivity contribution is -0.159. The maximum absolute atomic E-state index is 14.4. The van der Waals surface area contributed by atoms with E-state index in [9.17, 15) is 22.4 Å². The Morgan fingerprint density at radius 3 is 2.54 bits per heavy atom. The fourth-order valence-electron chi connectivity index (χ4n) is 4.72. The number of hydrogen-bond donors (Lipinski definition) is 1. The molecule has 1 unspecified atom stereocenters. The van der Waals surface area contributed by atoms with E-state index in [1.807, 2.05) is 13.0 Å². The van der Waals surface area contributed by atoms with Gasteiger partial charge in [-0.2, -0.15) is 13.2 Å². The molecule has 5 nitrogen and oxygen atoms in total. The minimum absolute atomic E-state index is 0.159. The Hall–Kier alpha value is -2.01. The first-order valence-corrected chi connectivity index (χ1v) is 12.3.